The molecule has 0 atom stereocenters. The van der Waals surface area contributed by atoms with Crippen LogP contribution in [-0.2, 0) is 13.5 Å². The molecule has 0 bridgehead atoms. The maximum Gasteiger partial charge on any atom is 0.385 e. The van der Waals surface area contributed by atoms with Gasteiger partial charge in [-0.1, -0.05) is 0 Å². The highest BCUT2D eigenvalue weighted by Gasteiger charge is 2.45. The van der Waals surface area contributed by atoms with Crippen molar-refractivity contribution in [2.45, 2.75) is 25.2 Å². The monoisotopic (exact) mass is 346 g/mol. The summed E-state index contributed by atoms with van der Waals surface area (Å²) >= 11 is 1.51. The first-order valence-corrected chi connectivity index (χ1v) is 8.45. The summed E-state index contributed by atoms with van der Waals surface area (Å²) < 4.78 is 27.2. The Morgan fingerprint density at radius 1 is 1.42 bits per heavy atom. The topological polar surface area (TPSA) is 49.0 Å². The largest absolute Gasteiger partial charge is 0.385 e. The van der Waals surface area contributed by atoms with Gasteiger partial charge in [0, 0.05) is 23.1 Å². The maximum atomic E-state index is 13.0. The Labute approximate surface area is 140 Å². The van der Waals surface area contributed by atoms with Gasteiger partial charge in [-0.25, -0.2) is 18.6 Å². The fourth-order valence-corrected chi connectivity index (χ4v) is 4.12. The minimum Gasteiger partial charge on any atom is -0.240 e. The molecule has 0 spiro atoms. The number of nitrogens with zero attached hydrogens (tertiary/aromatic N) is 3. The first-order valence-electron chi connectivity index (χ1n) is 7.63. The molecule has 0 aliphatic heterocycles. The molecule has 3 heterocycles. The molecule has 0 amide bonds. The summed E-state index contributed by atoms with van der Waals surface area (Å²) in [5.41, 5.74) is 0.897. The van der Waals surface area contributed by atoms with Crippen molar-refractivity contribution in [3.63, 3.8) is 0 Å². The Balaban J connectivity index is 1.61. The quantitative estimate of drug-likeness (QED) is 0.733. The van der Waals surface area contributed by atoms with Gasteiger partial charge in [0.05, 0.1) is 13.1 Å². The summed E-state index contributed by atoms with van der Waals surface area (Å²) in [6, 6.07) is 7.17. The van der Waals surface area contributed by atoms with Gasteiger partial charge in [0.15, 0.2) is 0 Å². The lowest BCUT2D eigenvalue weighted by Crippen LogP contribution is -2.36. The lowest BCUT2D eigenvalue weighted by atomic mass is 9.79. The minimum atomic E-state index is -2.48. The average molecular weight is 346 g/mol. The number of halogens is 2. The smallest absolute Gasteiger partial charge is 0.240 e. The Kier molecular flexibility index (Phi) is 3.39. The molecule has 7 heteroatoms. The molecular weight excluding hydrogens is 332 g/mol. The van der Waals surface area contributed by atoms with Gasteiger partial charge in [-0.15, -0.1) is 15.9 Å². The van der Waals surface area contributed by atoms with Crippen molar-refractivity contribution in [1.29, 1.82) is 0 Å². The predicted molar refractivity (Wildman–Crippen MR) is 86.1 cm³/mol. The zero-order chi connectivity index (χ0) is 16.9. The number of hydrogen-bond donors (Lipinski definition) is 0. The average Bonchev–Trinajstić information content (AvgIpc) is 2.89. The highest BCUT2D eigenvalue weighted by atomic mass is 32.1. The van der Waals surface area contributed by atoms with Crippen molar-refractivity contribution < 1.29 is 13.8 Å². The third-order valence-corrected chi connectivity index (χ3v) is 5.34. The van der Waals surface area contributed by atoms with Crippen LogP contribution in [0.5, 0.6) is 0 Å². The number of hydrogen-bond acceptors (Lipinski definition) is 3. The van der Waals surface area contributed by atoms with Gasteiger partial charge in [0.1, 0.15) is 10.5 Å². The molecule has 24 heavy (non-hydrogen) atoms. The van der Waals surface area contributed by atoms with Crippen LogP contribution >= 0.6 is 11.3 Å². The van der Waals surface area contributed by atoms with E-state index in [1.807, 2.05) is 18.2 Å². The van der Waals surface area contributed by atoms with Crippen LogP contribution in [0.2, 0.25) is 0 Å². The molecule has 3 aromatic rings. The molecule has 0 radical (unpaired) electrons. The van der Waals surface area contributed by atoms with Gasteiger partial charge in [0.2, 0.25) is 5.92 Å². The number of rotatable bonds is 3. The van der Waals surface area contributed by atoms with E-state index in [1.165, 1.54) is 22.0 Å². The van der Waals surface area contributed by atoms with E-state index in [1.54, 1.807) is 7.05 Å². The van der Waals surface area contributed by atoms with E-state index >= 15 is 0 Å². The van der Waals surface area contributed by atoms with E-state index in [9.17, 15) is 13.6 Å². The summed E-state index contributed by atoms with van der Waals surface area (Å²) in [5, 5.41) is 0.984. The lowest BCUT2D eigenvalue weighted by Gasteiger charge is -2.34. The number of aromatic nitrogens is 3. The van der Waals surface area contributed by atoms with E-state index in [-0.39, 0.29) is 24.3 Å². The maximum absolute atomic E-state index is 13.0. The predicted octanol–water partition coefficient (Wildman–Crippen LogP) is 2.65. The van der Waals surface area contributed by atoms with Gasteiger partial charge in [-0.2, -0.15) is 4.98 Å². The molecule has 3 aromatic heterocycles. The first kappa shape index (κ1) is 15.2. The molecule has 4 rings (SSSR count). The van der Waals surface area contributed by atoms with Crippen LogP contribution < -0.4 is 10.5 Å². The van der Waals surface area contributed by atoms with E-state index in [2.05, 4.69) is 16.3 Å². The third-order valence-electron chi connectivity index (χ3n) is 4.27. The molecule has 4 nitrogen and oxygen atoms in total. The molecule has 1 aliphatic rings. The minimum absolute atomic E-state index is 0.0208. The molecule has 0 unspecified atom stereocenters. The first-order chi connectivity index (χ1) is 11.4. The van der Waals surface area contributed by atoms with Gasteiger partial charge >= 0.3 is 11.9 Å². The summed E-state index contributed by atoms with van der Waals surface area (Å²) in [7, 11) is 1.59. The zero-order valence-electron chi connectivity index (χ0n) is 12.9. The molecule has 1 fully saturated rings. The number of alkyl halides is 2. The molecule has 1 saturated carbocycles. The lowest BCUT2D eigenvalue weighted by molar-refractivity contribution is -0.285. The Morgan fingerprint density at radius 3 is 2.92 bits per heavy atom. The highest BCUT2D eigenvalue weighted by Crippen LogP contribution is 2.44. The van der Waals surface area contributed by atoms with Gasteiger partial charge in [0.25, 0.3) is 5.69 Å². The zero-order valence-corrected chi connectivity index (χ0v) is 13.7. The summed E-state index contributed by atoms with van der Waals surface area (Å²) in [5.74, 6) is -2.42. The van der Waals surface area contributed by atoms with Crippen molar-refractivity contribution in [1.82, 2.24) is 9.55 Å². The van der Waals surface area contributed by atoms with E-state index < -0.39 is 5.92 Å². The SMILES string of the molecule is Cn1c#[n+]c(-c2ccc3cc(CC4CC(F)(F)C4)sc3n2)cc1=O. The van der Waals surface area contributed by atoms with Crippen LogP contribution in [0.15, 0.2) is 29.1 Å². The van der Waals surface area contributed by atoms with Crippen LogP contribution in [-0.4, -0.2) is 15.5 Å². The molecule has 122 valence electrons. The second kappa shape index (κ2) is 5.35. The van der Waals surface area contributed by atoms with Crippen LogP contribution in [0.4, 0.5) is 8.78 Å². The van der Waals surface area contributed by atoms with Crippen molar-refractivity contribution in [2.75, 3.05) is 0 Å². The van der Waals surface area contributed by atoms with Crippen LogP contribution in [0.1, 0.15) is 17.7 Å². The van der Waals surface area contributed by atoms with E-state index in [4.69, 9.17) is 0 Å². The van der Waals surface area contributed by atoms with Crippen LogP contribution in [0.25, 0.3) is 21.6 Å². The number of thiophene rings is 1. The Hall–Kier alpha value is -2.33. The second-order valence-electron chi connectivity index (χ2n) is 6.28. The molecule has 1 aliphatic carbocycles. The Bertz CT molecular complexity index is 971. The van der Waals surface area contributed by atoms with Crippen molar-refractivity contribution >= 4 is 21.6 Å². The van der Waals surface area contributed by atoms with Crippen molar-refractivity contribution in [3.8, 4) is 11.4 Å². The van der Waals surface area contributed by atoms with Crippen molar-refractivity contribution in [3.05, 3.63) is 45.8 Å². The third kappa shape index (κ3) is 2.78. The van der Waals surface area contributed by atoms with Gasteiger partial charge in [-0.3, -0.25) is 0 Å². The summed E-state index contributed by atoms with van der Waals surface area (Å²) in [6.07, 6.45) is 3.24. The molecule has 0 N–H and O–H groups in total. The fourth-order valence-electron chi connectivity index (χ4n) is 2.98. The van der Waals surface area contributed by atoms with Gasteiger partial charge < -0.3 is 0 Å². The molecule has 0 saturated heterocycles. The number of pyridine rings is 1. The van der Waals surface area contributed by atoms with Crippen LogP contribution in [0, 0.1) is 12.2 Å². The van der Waals surface area contributed by atoms with Gasteiger partial charge in [-0.05, 0) is 30.5 Å². The summed E-state index contributed by atoms with van der Waals surface area (Å²) in [6.45, 7) is 0. The second-order valence-corrected chi connectivity index (χ2v) is 7.39. The normalized spacial score (nSPS) is 16.8. The van der Waals surface area contributed by atoms with Crippen molar-refractivity contribution in [2.24, 2.45) is 13.0 Å². The van der Waals surface area contributed by atoms with E-state index in [0.29, 0.717) is 17.8 Å². The highest BCUT2D eigenvalue weighted by molar-refractivity contribution is 7.18. The molecule has 0 aromatic carbocycles. The molecular formula is C17H14F2N3OS+. The Morgan fingerprint density at radius 2 is 2.21 bits per heavy atom. The van der Waals surface area contributed by atoms with E-state index in [0.717, 1.165) is 15.1 Å². The fraction of sp³-hybridized carbons (Fsp3) is 0.353. The van der Waals surface area contributed by atoms with Crippen LogP contribution in [0.3, 0.4) is 0 Å². The standard InChI is InChI=1S/C17H14F2N3OS/c1-22-9-20-14(6-15(22)23)13-3-2-11-5-12(24-16(11)21-13)4-10-7-17(18,19)8-10/h2-3,5-6,10H,4,7-8H2,1H3/q+1. The summed E-state index contributed by atoms with van der Waals surface area (Å²) in [4.78, 5) is 22.3. The number of fused-ring (bicyclic) bond motifs is 1.